The summed E-state index contributed by atoms with van der Waals surface area (Å²) in [7, 11) is 1.54. The molecule has 1 heterocycles. The van der Waals surface area contributed by atoms with Crippen molar-refractivity contribution in [2.45, 2.75) is 33.2 Å². The Hall–Kier alpha value is -3.97. The van der Waals surface area contributed by atoms with Crippen LogP contribution in [0.15, 0.2) is 71.1 Å². The number of aliphatic hydroxyl groups is 1. The van der Waals surface area contributed by atoms with E-state index in [9.17, 15) is 19.1 Å². The maximum Gasteiger partial charge on any atom is 0.255 e. The highest BCUT2D eigenvalue weighted by atomic mass is 19.1. The fraction of sp³-hybridized carbons (Fsp3) is 0.241. The van der Waals surface area contributed by atoms with E-state index in [2.05, 4.69) is 10.6 Å². The maximum absolute atomic E-state index is 13.4. The van der Waals surface area contributed by atoms with Crippen LogP contribution in [0, 0.1) is 5.82 Å². The quantitative estimate of drug-likeness (QED) is 0.291. The van der Waals surface area contributed by atoms with Crippen molar-refractivity contribution in [2.24, 2.45) is 0 Å². The molecule has 3 N–H and O–H groups in total. The van der Waals surface area contributed by atoms with Crippen LogP contribution in [-0.4, -0.2) is 36.6 Å². The summed E-state index contributed by atoms with van der Waals surface area (Å²) in [6.07, 6.45) is 1.54. The Morgan fingerprint density at radius 2 is 1.67 bits per heavy atom. The van der Waals surface area contributed by atoms with Crippen LogP contribution in [0.3, 0.4) is 0 Å². The molecule has 1 atom stereocenters. The lowest BCUT2D eigenvalue weighted by Gasteiger charge is -2.15. The zero-order chi connectivity index (χ0) is 24.9. The molecule has 0 fully saturated rings. The number of fused-ring (bicyclic) bond motifs is 1. The summed E-state index contributed by atoms with van der Waals surface area (Å²) >= 11 is 0. The number of amides is 2. The monoisotopic (exact) mass is 490 g/mol. The van der Waals surface area contributed by atoms with E-state index < -0.39 is 0 Å². The minimum absolute atomic E-state index is 0. The molecule has 0 spiro atoms. The number of halogens is 1. The van der Waals surface area contributed by atoms with E-state index in [-0.39, 0.29) is 37.7 Å². The van der Waals surface area contributed by atoms with E-state index in [0.29, 0.717) is 39.8 Å². The van der Waals surface area contributed by atoms with Crippen molar-refractivity contribution in [3.63, 3.8) is 0 Å². The summed E-state index contributed by atoms with van der Waals surface area (Å²) in [5.74, 6) is -0.596. The van der Waals surface area contributed by atoms with E-state index in [1.54, 1.807) is 43.4 Å². The molecule has 2 amide bonds. The largest absolute Gasteiger partial charge is 0.455 e. The summed E-state index contributed by atoms with van der Waals surface area (Å²) < 4.78 is 19.4. The molecule has 0 bridgehead atoms. The second kappa shape index (κ2) is 11.6. The lowest BCUT2D eigenvalue weighted by molar-refractivity contribution is 0.0912. The van der Waals surface area contributed by atoms with Crippen LogP contribution in [0.25, 0.3) is 33.4 Å². The standard InChI is InChI=1S/C28H27FN2O4.CH4/c1-3-5-22(16-32)31-27(33)20-7-4-6-18(14-20)19-10-13-24-23(15-19)25(28(34)30-2)26(35-24)17-8-11-21(29)12-9-17;/h4,6-15,22,32H,3,5,16H2,1-2H3,(H,30,34)(H,31,33);1H4/t22-;/m1./s1. The lowest BCUT2D eigenvalue weighted by atomic mass is 9.98. The first-order valence-corrected chi connectivity index (χ1v) is 11.5. The number of nitrogens with one attached hydrogen (secondary N) is 2. The van der Waals surface area contributed by atoms with E-state index in [1.807, 2.05) is 25.1 Å². The van der Waals surface area contributed by atoms with Gasteiger partial charge in [-0.1, -0.05) is 39.0 Å². The molecule has 6 nitrogen and oxygen atoms in total. The molecule has 4 rings (SSSR count). The molecule has 0 aliphatic carbocycles. The fourth-order valence-electron chi connectivity index (χ4n) is 4.10. The van der Waals surface area contributed by atoms with Gasteiger partial charge in [0.25, 0.3) is 11.8 Å². The van der Waals surface area contributed by atoms with Crippen LogP contribution in [0.4, 0.5) is 4.39 Å². The second-order valence-electron chi connectivity index (χ2n) is 8.33. The summed E-state index contributed by atoms with van der Waals surface area (Å²) in [6, 6.07) is 18.1. The van der Waals surface area contributed by atoms with Gasteiger partial charge < -0.3 is 20.2 Å². The smallest absolute Gasteiger partial charge is 0.255 e. The molecule has 188 valence electrons. The third-order valence-electron chi connectivity index (χ3n) is 5.90. The Kier molecular flexibility index (Phi) is 8.61. The van der Waals surface area contributed by atoms with E-state index >= 15 is 0 Å². The highest BCUT2D eigenvalue weighted by molar-refractivity contribution is 6.11. The predicted molar refractivity (Wildman–Crippen MR) is 140 cm³/mol. The van der Waals surface area contributed by atoms with Crippen molar-refractivity contribution in [3.8, 4) is 22.5 Å². The first-order chi connectivity index (χ1) is 16.9. The predicted octanol–water partition coefficient (Wildman–Crippen LogP) is 5.79. The number of carbonyl (C=O) groups excluding carboxylic acids is 2. The molecule has 0 aliphatic rings. The van der Waals surface area contributed by atoms with Crippen molar-refractivity contribution in [1.29, 1.82) is 0 Å². The molecule has 0 saturated heterocycles. The lowest BCUT2D eigenvalue weighted by Crippen LogP contribution is -2.37. The van der Waals surface area contributed by atoms with Crippen molar-refractivity contribution in [1.82, 2.24) is 10.6 Å². The molecule has 7 heteroatoms. The number of aliphatic hydroxyl groups excluding tert-OH is 1. The number of carbonyl (C=O) groups is 2. The van der Waals surface area contributed by atoms with Gasteiger partial charge >= 0.3 is 0 Å². The molecular weight excluding hydrogens is 459 g/mol. The maximum atomic E-state index is 13.4. The number of hydrogen-bond acceptors (Lipinski definition) is 4. The molecule has 3 aromatic carbocycles. The average molecular weight is 491 g/mol. The first kappa shape index (κ1) is 26.6. The van der Waals surface area contributed by atoms with Crippen molar-refractivity contribution >= 4 is 22.8 Å². The number of benzene rings is 3. The SMILES string of the molecule is C.CCC[C@H](CO)NC(=O)c1cccc(-c2ccc3oc(-c4ccc(F)cc4)c(C(=O)NC)c3c2)c1. The third kappa shape index (κ3) is 5.47. The van der Waals surface area contributed by atoms with E-state index in [1.165, 1.54) is 12.1 Å². The van der Waals surface area contributed by atoms with Gasteiger partial charge in [-0.2, -0.15) is 0 Å². The molecule has 0 radical (unpaired) electrons. The highest BCUT2D eigenvalue weighted by Crippen LogP contribution is 2.36. The molecular formula is C29H31FN2O4. The third-order valence-corrected chi connectivity index (χ3v) is 5.90. The van der Waals surface area contributed by atoms with Crippen LogP contribution in [0.5, 0.6) is 0 Å². The summed E-state index contributed by atoms with van der Waals surface area (Å²) in [4.78, 5) is 25.5. The minimum Gasteiger partial charge on any atom is -0.455 e. The Morgan fingerprint density at radius 1 is 0.972 bits per heavy atom. The van der Waals surface area contributed by atoms with Crippen LogP contribution < -0.4 is 10.6 Å². The van der Waals surface area contributed by atoms with Gasteiger partial charge in [-0.05, 0) is 66.1 Å². The zero-order valence-electron chi connectivity index (χ0n) is 19.6. The van der Waals surface area contributed by atoms with Crippen LogP contribution >= 0.6 is 0 Å². The van der Waals surface area contributed by atoms with E-state index in [4.69, 9.17) is 4.42 Å². The van der Waals surface area contributed by atoms with Gasteiger partial charge in [0, 0.05) is 23.6 Å². The molecule has 0 saturated carbocycles. The average Bonchev–Trinajstić information content (AvgIpc) is 3.27. The molecule has 1 aromatic heterocycles. The summed E-state index contributed by atoms with van der Waals surface area (Å²) in [5, 5.41) is 15.6. The Labute approximate surface area is 210 Å². The van der Waals surface area contributed by atoms with Gasteiger partial charge in [-0.25, -0.2) is 4.39 Å². The topological polar surface area (TPSA) is 91.6 Å². The second-order valence-corrected chi connectivity index (χ2v) is 8.33. The fourth-order valence-corrected chi connectivity index (χ4v) is 4.10. The van der Waals surface area contributed by atoms with Gasteiger partial charge in [-0.3, -0.25) is 9.59 Å². The van der Waals surface area contributed by atoms with E-state index in [0.717, 1.165) is 17.5 Å². The van der Waals surface area contributed by atoms with Crippen LogP contribution in [0.1, 0.15) is 47.9 Å². The molecule has 0 unspecified atom stereocenters. The van der Waals surface area contributed by atoms with Crippen molar-refractivity contribution in [2.75, 3.05) is 13.7 Å². The number of furan rings is 1. The molecule has 4 aromatic rings. The Balaban J connectivity index is 0.00000361. The minimum atomic E-state index is -0.377. The van der Waals surface area contributed by atoms with Crippen molar-refractivity contribution in [3.05, 3.63) is 83.7 Å². The van der Waals surface area contributed by atoms with Crippen LogP contribution in [0.2, 0.25) is 0 Å². The van der Waals surface area contributed by atoms with Crippen LogP contribution in [-0.2, 0) is 0 Å². The van der Waals surface area contributed by atoms with Gasteiger partial charge in [0.15, 0.2) is 0 Å². The molecule has 36 heavy (non-hydrogen) atoms. The summed E-state index contributed by atoms with van der Waals surface area (Å²) in [6.45, 7) is 1.88. The van der Waals surface area contributed by atoms with Gasteiger partial charge in [-0.15, -0.1) is 0 Å². The highest BCUT2D eigenvalue weighted by Gasteiger charge is 2.22. The zero-order valence-corrected chi connectivity index (χ0v) is 19.6. The van der Waals surface area contributed by atoms with Gasteiger partial charge in [0.05, 0.1) is 18.2 Å². The van der Waals surface area contributed by atoms with Gasteiger partial charge in [0.1, 0.15) is 17.2 Å². The first-order valence-electron chi connectivity index (χ1n) is 11.5. The summed E-state index contributed by atoms with van der Waals surface area (Å²) in [5.41, 5.74) is 3.54. The van der Waals surface area contributed by atoms with Gasteiger partial charge in [0.2, 0.25) is 0 Å². The Morgan fingerprint density at radius 3 is 2.33 bits per heavy atom. The normalized spacial score (nSPS) is 11.6. The molecule has 0 aliphatic heterocycles. The Bertz CT molecular complexity index is 1360. The van der Waals surface area contributed by atoms with Crippen molar-refractivity contribution < 1.29 is 23.5 Å². The number of hydrogen-bond donors (Lipinski definition) is 3. The number of rotatable bonds is 8.